The summed E-state index contributed by atoms with van der Waals surface area (Å²) < 4.78 is 71.1. The van der Waals surface area contributed by atoms with Crippen molar-refractivity contribution in [3.8, 4) is 0 Å². The molecule has 0 bridgehead atoms. The maximum atomic E-state index is 13.9. The van der Waals surface area contributed by atoms with Crippen LogP contribution in [-0.2, 0) is 34.1 Å². The number of rotatable bonds is 11. The largest absolute Gasteiger partial charge is 0.416 e. The molecule has 222 valence electrons. The minimum atomic E-state index is -4.68. The summed E-state index contributed by atoms with van der Waals surface area (Å²) in [5, 5.41) is 0. The maximum Gasteiger partial charge on any atom is 0.416 e. The van der Waals surface area contributed by atoms with Crippen molar-refractivity contribution in [2.45, 2.75) is 75.7 Å². The lowest BCUT2D eigenvalue weighted by Gasteiger charge is -2.36. The number of alkyl halides is 3. The highest BCUT2D eigenvalue weighted by Gasteiger charge is 2.35. The van der Waals surface area contributed by atoms with Crippen LogP contribution in [0.3, 0.4) is 0 Å². The highest BCUT2D eigenvalue weighted by atomic mass is 79.9. The Morgan fingerprint density at radius 1 is 1.02 bits per heavy atom. The number of carbonyl (C=O) groups is 1. The fourth-order valence-electron chi connectivity index (χ4n) is 5.28. The smallest absolute Gasteiger partial charge is 0.345 e. The molecule has 2 aromatic carbocycles. The number of hydrogen-bond acceptors (Lipinski definition) is 3. The second kappa shape index (κ2) is 13.6. The zero-order chi connectivity index (χ0) is 29.6. The number of aromatic nitrogens is 1. The number of carbonyl (C=O) groups excluding carboxylic acids is 1. The van der Waals surface area contributed by atoms with Crippen LogP contribution in [0.25, 0.3) is 0 Å². The van der Waals surface area contributed by atoms with Crippen LogP contribution >= 0.6 is 15.9 Å². The first-order valence-electron chi connectivity index (χ1n) is 13.8. The van der Waals surface area contributed by atoms with Gasteiger partial charge >= 0.3 is 6.18 Å². The van der Waals surface area contributed by atoms with E-state index in [2.05, 4.69) is 20.5 Å². The summed E-state index contributed by atoms with van der Waals surface area (Å²) >= 11 is 3.45. The van der Waals surface area contributed by atoms with Crippen LogP contribution in [0.1, 0.15) is 62.3 Å². The van der Waals surface area contributed by atoms with Crippen LogP contribution in [0, 0.1) is 0 Å². The molecular weight excluding hydrogens is 619 g/mol. The Balaban J connectivity index is 1.59. The Kier molecular flexibility index (Phi) is 10.4. The van der Waals surface area contributed by atoms with Crippen LogP contribution in [0.4, 0.5) is 13.2 Å². The fourth-order valence-corrected chi connectivity index (χ4v) is 7.07. The lowest BCUT2D eigenvalue weighted by atomic mass is 9.94. The average Bonchev–Trinajstić information content (AvgIpc) is 3.39. The summed E-state index contributed by atoms with van der Waals surface area (Å²) in [4.78, 5) is 15.2. The quantitative estimate of drug-likeness (QED) is 0.222. The minimum Gasteiger partial charge on any atom is -0.345 e. The van der Waals surface area contributed by atoms with Gasteiger partial charge in [-0.15, -0.1) is 0 Å². The Morgan fingerprint density at radius 3 is 2.39 bits per heavy atom. The van der Waals surface area contributed by atoms with Crippen molar-refractivity contribution in [2.24, 2.45) is 0 Å². The third-order valence-electron chi connectivity index (χ3n) is 7.44. The van der Waals surface area contributed by atoms with Crippen molar-refractivity contribution in [3.63, 3.8) is 0 Å². The van der Waals surface area contributed by atoms with E-state index in [0.29, 0.717) is 25.6 Å². The average molecular weight is 655 g/mol. The molecule has 0 unspecified atom stereocenters. The molecule has 41 heavy (non-hydrogen) atoms. The molecule has 6 nitrogen and oxygen atoms in total. The molecule has 0 N–H and O–H groups in total. The van der Waals surface area contributed by atoms with E-state index in [1.165, 1.54) is 0 Å². The molecule has 1 aromatic heterocycles. The summed E-state index contributed by atoms with van der Waals surface area (Å²) in [6.07, 6.45) is 2.39. The SMILES string of the molecule is CCCN(CC(=O)N(Cc1cccn1Cc1ccc(Br)cc1)C1CCCCC1)S(=O)(=O)c1cccc(C(F)(F)F)c1. The van der Waals surface area contributed by atoms with Gasteiger partial charge in [0, 0.05) is 35.5 Å². The highest BCUT2D eigenvalue weighted by Crippen LogP contribution is 2.31. The van der Waals surface area contributed by atoms with Gasteiger partial charge in [0.05, 0.1) is 23.5 Å². The van der Waals surface area contributed by atoms with E-state index < -0.39 is 33.2 Å². The number of hydrogen-bond donors (Lipinski definition) is 0. The van der Waals surface area contributed by atoms with E-state index in [0.717, 1.165) is 70.3 Å². The third-order valence-corrected chi connectivity index (χ3v) is 9.81. The summed E-state index contributed by atoms with van der Waals surface area (Å²) in [7, 11) is -4.34. The van der Waals surface area contributed by atoms with Gasteiger partial charge in [-0.2, -0.15) is 17.5 Å². The monoisotopic (exact) mass is 653 g/mol. The molecular formula is C30H35BrF3N3O3S. The van der Waals surface area contributed by atoms with Gasteiger partial charge in [-0.05, 0) is 67.3 Å². The number of halogens is 4. The van der Waals surface area contributed by atoms with Gasteiger partial charge in [-0.25, -0.2) is 8.42 Å². The number of sulfonamides is 1. The van der Waals surface area contributed by atoms with Crippen molar-refractivity contribution < 1.29 is 26.4 Å². The summed E-state index contributed by atoms with van der Waals surface area (Å²) in [5.74, 6) is -0.350. The van der Waals surface area contributed by atoms with Gasteiger partial charge in [0.25, 0.3) is 0 Å². The maximum absolute atomic E-state index is 13.9. The van der Waals surface area contributed by atoms with Gasteiger partial charge < -0.3 is 9.47 Å². The Hall–Kier alpha value is -2.63. The summed E-state index contributed by atoms with van der Waals surface area (Å²) in [5.41, 5.74) is 0.980. The number of amides is 1. The van der Waals surface area contributed by atoms with Crippen molar-refractivity contribution in [1.82, 2.24) is 13.8 Å². The highest BCUT2D eigenvalue weighted by molar-refractivity contribution is 9.10. The van der Waals surface area contributed by atoms with E-state index in [9.17, 15) is 26.4 Å². The van der Waals surface area contributed by atoms with Gasteiger partial charge in [0.2, 0.25) is 15.9 Å². The van der Waals surface area contributed by atoms with Gasteiger partial charge in [-0.1, -0.05) is 60.3 Å². The molecule has 1 amide bonds. The van der Waals surface area contributed by atoms with Crippen LogP contribution in [-0.4, -0.2) is 47.2 Å². The second-order valence-electron chi connectivity index (χ2n) is 10.4. The van der Waals surface area contributed by atoms with Gasteiger partial charge in [0.1, 0.15) is 0 Å². The van der Waals surface area contributed by atoms with E-state index in [-0.39, 0.29) is 18.5 Å². The molecule has 0 radical (unpaired) electrons. The van der Waals surface area contributed by atoms with Crippen LogP contribution < -0.4 is 0 Å². The Bertz CT molecular complexity index is 1420. The molecule has 1 saturated carbocycles. The minimum absolute atomic E-state index is 0.0166. The normalized spacial score (nSPS) is 14.9. The summed E-state index contributed by atoms with van der Waals surface area (Å²) in [6.45, 7) is 2.29. The first-order chi connectivity index (χ1) is 19.5. The molecule has 1 heterocycles. The second-order valence-corrected chi connectivity index (χ2v) is 13.3. The van der Waals surface area contributed by atoms with Crippen LogP contribution in [0.2, 0.25) is 0 Å². The third kappa shape index (κ3) is 8.02. The molecule has 3 aromatic rings. The molecule has 0 saturated heterocycles. The van der Waals surface area contributed by atoms with Crippen molar-refractivity contribution >= 4 is 31.9 Å². The zero-order valence-electron chi connectivity index (χ0n) is 23.0. The predicted octanol–water partition coefficient (Wildman–Crippen LogP) is 7.08. The van der Waals surface area contributed by atoms with E-state index in [1.54, 1.807) is 11.8 Å². The number of nitrogens with zero attached hydrogens (tertiary/aromatic N) is 3. The molecule has 0 spiro atoms. The van der Waals surface area contributed by atoms with Gasteiger partial charge in [-0.3, -0.25) is 4.79 Å². The molecule has 11 heteroatoms. The van der Waals surface area contributed by atoms with Gasteiger partial charge in [0.15, 0.2) is 0 Å². The first kappa shape index (κ1) is 31.3. The Morgan fingerprint density at radius 2 is 1.73 bits per heavy atom. The molecule has 1 fully saturated rings. The van der Waals surface area contributed by atoms with E-state index >= 15 is 0 Å². The standard InChI is InChI=1S/C30H35BrF3N3O3S/c1-2-17-36(41(39,40)28-12-6-8-24(19-28)30(32,33)34)22-29(38)37(26-9-4-3-5-10-26)21-27-11-7-18-35(27)20-23-13-15-25(31)16-14-23/h6-8,11-16,18-19,26H,2-5,9-10,17,20-22H2,1H3. The van der Waals surface area contributed by atoms with Crippen molar-refractivity contribution in [2.75, 3.05) is 13.1 Å². The lowest BCUT2D eigenvalue weighted by molar-refractivity contribution is -0.138. The Labute approximate surface area is 248 Å². The van der Waals surface area contributed by atoms with E-state index in [4.69, 9.17) is 0 Å². The number of benzene rings is 2. The zero-order valence-corrected chi connectivity index (χ0v) is 25.4. The summed E-state index contributed by atoms with van der Waals surface area (Å²) in [6, 6.07) is 15.6. The van der Waals surface area contributed by atoms with E-state index in [1.807, 2.05) is 42.6 Å². The van der Waals surface area contributed by atoms with Crippen LogP contribution in [0.5, 0.6) is 0 Å². The fraction of sp³-hybridized carbons (Fsp3) is 0.433. The topological polar surface area (TPSA) is 62.6 Å². The molecule has 0 atom stereocenters. The molecule has 1 aliphatic rings. The predicted molar refractivity (Wildman–Crippen MR) is 156 cm³/mol. The molecule has 1 aliphatic carbocycles. The molecule has 0 aliphatic heterocycles. The first-order valence-corrected chi connectivity index (χ1v) is 16.1. The van der Waals surface area contributed by atoms with Crippen molar-refractivity contribution in [1.29, 1.82) is 0 Å². The van der Waals surface area contributed by atoms with Crippen LogP contribution in [0.15, 0.2) is 76.2 Å². The molecule has 4 rings (SSSR count). The van der Waals surface area contributed by atoms with Crippen molar-refractivity contribution in [3.05, 3.63) is 88.2 Å². The lowest BCUT2D eigenvalue weighted by Crippen LogP contribution is -2.47.